The number of nitrogens with two attached hydrogens (primary N) is 1. The molecule has 0 aromatic heterocycles. The number of hydrogen-bond acceptors (Lipinski definition) is 4. The Labute approximate surface area is 113 Å². The van der Waals surface area contributed by atoms with E-state index in [0.29, 0.717) is 23.5 Å². The van der Waals surface area contributed by atoms with Crippen molar-refractivity contribution >= 4 is 11.6 Å². The molecule has 104 valence electrons. The molecule has 0 spiro atoms. The average Bonchev–Trinajstić information content (AvgIpc) is 2.91. The smallest absolute Gasteiger partial charge is 0.251 e. The lowest BCUT2D eigenvalue weighted by atomic mass is 10.2. The highest BCUT2D eigenvalue weighted by Crippen LogP contribution is 2.21. The SMILES string of the molecule is COc1ccc(C(=O)NCCN2CCCC2)cc1N. The van der Waals surface area contributed by atoms with E-state index in [1.807, 2.05) is 0 Å². The van der Waals surface area contributed by atoms with E-state index in [9.17, 15) is 4.79 Å². The normalized spacial score (nSPS) is 15.4. The molecule has 0 unspecified atom stereocenters. The molecule has 3 N–H and O–H groups in total. The zero-order chi connectivity index (χ0) is 13.7. The molecule has 0 radical (unpaired) electrons. The van der Waals surface area contributed by atoms with Crippen LogP contribution in [0.25, 0.3) is 0 Å². The van der Waals surface area contributed by atoms with E-state index in [2.05, 4.69) is 10.2 Å². The van der Waals surface area contributed by atoms with Gasteiger partial charge >= 0.3 is 0 Å². The van der Waals surface area contributed by atoms with Gasteiger partial charge in [-0.15, -0.1) is 0 Å². The summed E-state index contributed by atoms with van der Waals surface area (Å²) in [4.78, 5) is 14.3. The maximum Gasteiger partial charge on any atom is 0.251 e. The van der Waals surface area contributed by atoms with Gasteiger partial charge in [-0.3, -0.25) is 4.79 Å². The van der Waals surface area contributed by atoms with E-state index in [1.54, 1.807) is 25.3 Å². The minimum Gasteiger partial charge on any atom is -0.495 e. The topological polar surface area (TPSA) is 67.6 Å². The van der Waals surface area contributed by atoms with Crippen molar-refractivity contribution in [2.24, 2.45) is 0 Å². The van der Waals surface area contributed by atoms with Crippen molar-refractivity contribution < 1.29 is 9.53 Å². The van der Waals surface area contributed by atoms with Gasteiger partial charge in [0.1, 0.15) is 5.75 Å². The first-order valence-corrected chi connectivity index (χ1v) is 6.65. The predicted octanol–water partition coefficient (Wildman–Crippen LogP) is 1.10. The molecule has 1 aromatic carbocycles. The Balaban J connectivity index is 1.83. The average molecular weight is 263 g/mol. The Morgan fingerprint density at radius 1 is 1.42 bits per heavy atom. The Morgan fingerprint density at radius 2 is 2.16 bits per heavy atom. The number of nitrogens with one attached hydrogen (secondary N) is 1. The molecule has 1 heterocycles. The third-order valence-electron chi connectivity index (χ3n) is 3.40. The highest BCUT2D eigenvalue weighted by atomic mass is 16.5. The molecule has 1 aliphatic heterocycles. The van der Waals surface area contributed by atoms with Crippen LogP contribution in [-0.2, 0) is 0 Å². The molecule has 5 nitrogen and oxygen atoms in total. The number of likely N-dealkylation sites (tertiary alicyclic amines) is 1. The molecule has 0 atom stereocenters. The van der Waals surface area contributed by atoms with E-state index < -0.39 is 0 Å². The predicted molar refractivity (Wildman–Crippen MR) is 75.4 cm³/mol. The van der Waals surface area contributed by atoms with E-state index in [4.69, 9.17) is 10.5 Å². The van der Waals surface area contributed by atoms with Crippen LogP contribution in [0.15, 0.2) is 18.2 Å². The summed E-state index contributed by atoms with van der Waals surface area (Å²) in [7, 11) is 1.56. The van der Waals surface area contributed by atoms with Crippen molar-refractivity contribution in [1.29, 1.82) is 0 Å². The summed E-state index contributed by atoms with van der Waals surface area (Å²) in [6.07, 6.45) is 2.53. The van der Waals surface area contributed by atoms with Crippen molar-refractivity contribution in [3.8, 4) is 5.75 Å². The van der Waals surface area contributed by atoms with Crippen molar-refractivity contribution in [3.05, 3.63) is 23.8 Å². The summed E-state index contributed by atoms with van der Waals surface area (Å²) in [5.74, 6) is 0.502. The van der Waals surface area contributed by atoms with Gasteiger partial charge < -0.3 is 20.7 Å². The number of nitrogen functional groups attached to an aromatic ring is 1. The minimum atomic E-state index is -0.0893. The Morgan fingerprint density at radius 3 is 2.79 bits per heavy atom. The number of nitrogens with zero attached hydrogens (tertiary/aromatic N) is 1. The van der Waals surface area contributed by atoms with Crippen LogP contribution >= 0.6 is 0 Å². The van der Waals surface area contributed by atoms with Crippen LogP contribution in [0.3, 0.4) is 0 Å². The van der Waals surface area contributed by atoms with E-state index in [0.717, 1.165) is 19.6 Å². The molecule has 0 saturated carbocycles. The second-order valence-corrected chi connectivity index (χ2v) is 4.76. The standard InChI is InChI=1S/C14H21N3O2/c1-19-13-5-4-11(10-12(13)15)14(18)16-6-9-17-7-2-3-8-17/h4-5,10H,2-3,6-9,15H2,1H3,(H,16,18). The van der Waals surface area contributed by atoms with Gasteiger partial charge in [-0.05, 0) is 44.1 Å². The summed E-state index contributed by atoms with van der Waals surface area (Å²) in [6.45, 7) is 3.87. The lowest BCUT2D eigenvalue weighted by Crippen LogP contribution is -2.33. The summed E-state index contributed by atoms with van der Waals surface area (Å²) in [6, 6.07) is 5.08. The Kier molecular flexibility index (Phi) is 4.63. The largest absolute Gasteiger partial charge is 0.495 e. The highest BCUT2D eigenvalue weighted by molar-refractivity contribution is 5.95. The van der Waals surface area contributed by atoms with Crippen molar-refractivity contribution in [2.45, 2.75) is 12.8 Å². The monoisotopic (exact) mass is 263 g/mol. The number of hydrogen-bond donors (Lipinski definition) is 2. The van der Waals surface area contributed by atoms with Crippen molar-refractivity contribution in [1.82, 2.24) is 10.2 Å². The van der Waals surface area contributed by atoms with Crippen LogP contribution in [0, 0.1) is 0 Å². The molecule has 0 aliphatic carbocycles. The number of carbonyl (C=O) groups excluding carboxylic acids is 1. The molecule has 5 heteroatoms. The summed E-state index contributed by atoms with van der Waals surface area (Å²) >= 11 is 0. The molecular weight excluding hydrogens is 242 g/mol. The fourth-order valence-corrected chi connectivity index (χ4v) is 2.31. The van der Waals surface area contributed by atoms with Crippen LogP contribution in [-0.4, -0.2) is 44.1 Å². The number of amides is 1. The van der Waals surface area contributed by atoms with Gasteiger partial charge in [0.2, 0.25) is 0 Å². The van der Waals surface area contributed by atoms with Gasteiger partial charge in [-0.2, -0.15) is 0 Å². The highest BCUT2D eigenvalue weighted by Gasteiger charge is 2.12. The number of rotatable bonds is 5. The van der Waals surface area contributed by atoms with E-state index >= 15 is 0 Å². The molecule has 2 rings (SSSR count). The molecular formula is C14H21N3O2. The first-order chi connectivity index (χ1) is 9.20. The number of methoxy groups -OCH3 is 1. The number of carbonyl (C=O) groups is 1. The number of benzene rings is 1. The van der Waals surface area contributed by atoms with E-state index in [1.165, 1.54) is 12.8 Å². The van der Waals surface area contributed by atoms with Crippen LogP contribution in [0.1, 0.15) is 23.2 Å². The maximum absolute atomic E-state index is 11.9. The minimum absolute atomic E-state index is 0.0893. The summed E-state index contributed by atoms with van der Waals surface area (Å²) in [5.41, 5.74) is 6.84. The number of anilines is 1. The quantitative estimate of drug-likeness (QED) is 0.781. The van der Waals surface area contributed by atoms with Gasteiger partial charge in [0.25, 0.3) is 5.91 Å². The third kappa shape index (κ3) is 3.61. The molecule has 0 bridgehead atoms. The molecule has 1 fully saturated rings. The van der Waals surface area contributed by atoms with Crippen LogP contribution in [0.4, 0.5) is 5.69 Å². The number of ether oxygens (including phenoxy) is 1. The Bertz CT molecular complexity index is 442. The Hall–Kier alpha value is -1.75. The first kappa shape index (κ1) is 13.7. The zero-order valence-electron chi connectivity index (χ0n) is 11.3. The summed E-state index contributed by atoms with van der Waals surface area (Å²) in [5, 5.41) is 2.91. The third-order valence-corrected chi connectivity index (χ3v) is 3.40. The maximum atomic E-state index is 11.9. The lowest BCUT2D eigenvalue weighted by molar-refractivity contribution is 0.0950. The van der Waals surface area contributed by atoms with Crippen LogP contribution in [0.2, 0.25) is 0 Å². The van der Waals surface area contributed by atoms with Gasteiger partial charge in [0.05, 0.1) is 12.8 Å². The van der Waals surface area contributed by atoms with Crippen molar-refractivity contribution in [2.75, 3.05) is 39.0 Å². The first-order valence-electron chi connectivity index (χ1n) is 6.65. The molecule has 19 heavy (non-hydrogen) atoms. The van der Waals surface area contributed by atoms with Crippen LogP contribution < -0.4 is 15.8 Å². The van der Waals surface area contributed by atoms with Gasteiger partial charge in [-0.1, -0.05) is 0 Å². The fourth-order valence-electron chi connectivity index (χ4n) is 2.31. The molecule has 1 aliphatic rings. The van der Waals surface area contributed by atoms with Gasteiger partial charge in [-0.25, -0.2) is 0 Å². The fraction of sp³-hybridized carbons (Fsp3) is 0.500. The lowest BCUT2D eigenvalue weighted by Gasteiger charge is -2.15. The zero-order valence-corrected chi connectivity index (χ0v) is 11.3. The van der Waals surface area contributed by atoms with Gasteiger partial charge in [0, 0.05) is 18.7 Å². The second kappa shape index (κ2) is 6.43. The second-order valence-electron chi connectivity index (χ2n) is 4.76. The van der Waals surface area contributed by atoms with E-state index in [-0.39, 0.29) is 5.91 Å². The van der Waals surface area contributed by atoms with Crippen molar-refractivity contribution in [3.63, 3.8) is 0 Å². The molecule has 1 saturated heterocycles. The molecule has 1 amide bonds. The molecule has 1 aromatic rings. The van der Waals surface area contributed by atoms with Crippen LogP contribution in [0.5, 0.6) is 5.75 Å². The summed E-state index contributed by atoms with van der Waals surface area (Å²) < 4.78 is 5.06. The van der Waals surface area contributed by atoms with Gasteiger partial charge in [0.15, 0.2) is 0 Å².